The van der Waals surface area contributed by atoms with E-state index >= 15 is 0 Å². The molecule has 0 radical (unpaired) electrons. The van der Waals surface area contributed by atoms with Gasteiger partial charge < -0.3 is 0 Å². The second kappa shape index (κ2) is 4.44. The van der Waals surface area contributed by atoms with Gasteiger partial charge >= 0.3 is 103 Å². The van der Waals surface area contributed by atoms with Crippen molar-refractivity contribution in [2.75, 3.05) is 0 Å². The summed E-state index contributed by atoms with van der Waals surface area (Å²) < 4.78 is 2.39. The first-order chi connectivity index (χ1) is 7.58. The molecule has 0 spiro atoms. The van der Waals surface area contributed by atoms with Crippen LogP contribution in [0.1, 0.15) is 19.4 Å². The van der Waals surface area contributed by atoms with Crippen molar-refractivity contribution in [1.82, 2.24) is 5.32 Å². The quantitative estimate of drug-likeness (QED) is 0.824. The Morgan fingerprint density at radius 1 is 1.31 bits per heavy atom. The zero-order valence-electron chi connectivity index (χ0n) is 9.66. The molecule has 1 aromatic rings. The molecular formula is C13H16N2Se. The van der Waals surface area contributed by atoms with Crippen LogP contribution in [-0.4, -0.2) is 25.2 Å². The molecule has 0 aliphatic carbocycles. The summed E-state index contributed by atoms with van der Waals surface area (Å²) in [7, 11) is 0. The van der Waals surface area contributed by atoms with Crippen molar-refractivity contribution in [1.29, 1.82) is 0 Å². The number of amidine groups is 1. The zero-order chi connectivity index (χ0) is 11.6. The average molecular weight is 279 g/mol. The Labute approximate surface area is 103 Å². The normalized spacial score (nSPS) is 21.1. The standard InChI is InChI=1S/C13H16N2Se/c1-10-13(2,3)15-12(16-10)14-9-11-7-5-4-6-8-11/h4-8H,1,9H2,2-3H3,(H,14,15). The van der Waals surface area contributed by atoms with Gasteiger partial charge in [0.15, 0.2) is 0 Å². The van der Waals surface area contributed by atoms with Crippen molar-refractivity contribution in [3.05, 3.63) is 46.9 Å². The van der Waals surface area contributed by atoms with Crippen molar-refractivity contribution < 1.29 is 0 Å². The Morgan fingerprint density at radius 3 is 2.56 bits per heavy atom. The molecule has 1 saturated heterocycles. The van der Waals surface area contributed by atoms with Crippen molar-refractivity contribution in [2.45, 2.75) is 25.9 Å². The molecule has 1 aliphatic rings. The molecule has 84 valence electrons. The molecule has 1 aliphatic heterocycles. The molecule has 0 saturated carbocycles. The maximum atomic E-state index is 4.61. The summed E-state index contributed by atoms with van der Waals surface area (Å²) in [5, 5.41) is 3.43. The second-order valence-electron chi connectivity index (χ2n) is 4.38. The fraction of sp³-hybridized carbons (Fsp3) is 0.308. The van der Waals surface area contributed by atoms with E-state index in [0.29, 0.717) is 15.0 Å². The molecule has 3 heteroatoms. The maximum absolute atomic E-state index is 4.61. The fourth-order valence-electron chi connectivity index (χ4n) is 1.43. The molecule has 1 aromatic carbocycles. The van der Waals surface area contributed by atoms with E-state index in [1.54, 1.807) is 0 Å². The van der Waals surface area contributed by atoms with Gasteiger partial charge in [-0.15, -0.1) is 0 Å². The van der Waals surface area contributed by atoms with Crippen LogP contribution in [0, 0.1) is 0 Å². The van der Waals surface area contributed by atoms with E-state index in [0.717, 1.165) is 11.3 Å². The van der Waals surface area contributed by atoms with Crippen molar-refractivity contribution in [3.63, 3.8) is 0 Å². The van der Waals surface area contributed by atoms with Crippen LogP contribution in [0.2, 0.25) is 0 Å². The van der Waals surface area contributed by atoms with Crippen LogP contribution in [0.25, 0.3) is 0 Å². The monoisotopic (exact) mass is 280 g/mol. The van der Waals surface area contributed by atoms with Crippen molar-refractivity contribution in [3.8, 4) is 0 Å². The molecule has 1 fully saturated rings. The first-order valence-electron chi connectivity index (χ1n) is 5.32. The van der Waals surface area contributed by atoms with Crippen LogP contribution in [0.15, 0.2) is 46.4 Å². The average Bonchev–Trinajstić information content (AvgIpc) is 2.52. The SMILES string of the molecule is C=C1[Se]C(=NCc2ccccc2)NC1(C)C. The van der Waals surface area contributed by atoms with Gasteiger partial charge in [0.2, 0.25) is 0 Å². The first kappa shape index (κ1) is 11.4. The molecule has 0 aromatic heterocycles. The molecule has 0 unspecified atom stereocenters. The summed E-state index contributed by atoms with van der Waals surface area (Å²) >= 11 is 0.304. The number of rotatable bonds is 2. The number of aliphatic imine (C=N–C) groups is 1. The summed E-state index contributed by atoms with van der Waals surface area (Å²) in [4.78, 5) is 4.61. The van der Waals surface area contributed by atoms with E-state index < -0.39 is 0 Å². The van der Waals surface area contributed by atoms with Gasteiger partial charge in [0.25, 0.3) is 0 Å². The molecule has 0 amide bonds. The first-order valence-corrected chi connectivity index (χ1v) is 7.03. The van der Waals surface area contributed by atoms with E-state index in [1.807, 2.05) is 18.2 Å². The predicted octanol–water partition coefficient (Wildman–Crippen LogP) is 2.14. The van der Waals surface area contributed by atoms with Crippen LogP contribution < -0.4 is 5.32 Å². The van der Waals surface area contributed by atoms with Gasteiger partial charge in [0.05, 0.1) is 0 Å². The van der Waals surface area contributed by atoms with Gasteiger partial charge in [-0.05, 0) is 0 Å². The Hall–Kier alpha value is -1.05. The van der Waals surface area contributed by atoms with E-state index in [4.69, 9.17) is 0 Å². The van der Waals surface area contributed by atoms with E-state index in [9.17, 15) is 0 Å². The summed E-state index contributed by atoms with van der Waals surface area (Å²) in [6.45, 7) is 9.16. The van der Waals surface area contributed by atoms with Crippen molar-refractivity contribution in [2.24, 2.45) is 4.99 Å². The van der Waals surface area contributed by atoms with Crippen molar-refractivity contribution >= 4 is 19.7 Å². The Bertz CT molecular complexity index is 421. The minimum absolute atomic E-state index is 0.0233. The fourth-order valence-corrected chi connectivity index (χ4v) is 3.47. The van der Waals surface area contributed by atoms with Gasteiger partial charge in [0, 0.05) is 0 Å². The topological polar surface area (TPSA) is 24.4 Å². The molecule has 0 atom stereocenters. The Kier molecular flexibility index (Phi) is 3.17. The number of nitrogens with zero attached hydrogens (tertiary/aromatic N) is 1. The third kappa shape index (κ3) is 2.55. The molecule has 0 bridgehead atoms. The molecular weight excluding hydrogens is 263 g/mol. The zero-order valence-corrected chi connectivity index (χ0v) is 11.4. The number of hydrogen-bond acceptors (Lipinski definition) is 1. The van der Waals surface area contributed by atoms with Gasteiger partial charge in [0.1, 0.15) is 0 Å². The molecule has 2 nitrogen and oxygen atoms in total. The molecule has 2 rings (SSSR count). The predicted molar refractivity (Wildman–Crippen MR) is 69.7 cm³/mol. The van der Waals surface area contributed by atoms with Crippen LogP contribution in [0.4, 0.5) is 0 Å². The molecule has 1 N–H and O–H groups in total. The van der Waals surface area contributed by atoms with E-state index in [2.05, 4.69) is 42.9 Å². The summed E-state index contributed by atoms with van der Waals surface area (Å²) in [6.07, 6.45) is 0. The summed E-state index contributed by atoms with van der Waals surface area (Å²) in [5.74, 6) is 0. The number of hydrogen-bond donors (Lipinski definition) is 1. The van der Waals surface area contributed by atoms with Gasteiger partial charge in [-0.2, -0.15) is 0 Å². The number of benzene rings is 1. The van der Waals surface area contributed by atoms with Crippen LogP contribution in [0.5, 0.6) is 0 Å². The molecule has 1 heterocycles. The summed E-state index contributed by atoms with van der Waals surface area (Å²) in [6, 6.07) is 10.3. The van der Waals surface area contributed by atoms with Crippen LogP contribution in [0.3, 0.4) is 0 Å². The Morgan fingerprint density at radius 2 is 2.00 bits per heavy atom. The third-order valence-electron chi connectivity index (χ3n) is 2.58. The van der Waals surface area contributed by atoms with Gasteiger partial charge in [-0.1, -0.05) is 0 Å². The third-order valence-corrected chi connectivity index (χ3v) is 5.06. The van der Waals surface area contributed by atoms with Crippen LogP contribution in [-0.2, 0) is 6.54 Å². The summed E-state index contributed by atoms with van der Waals surface area (Å²) in [5.41, 5.74) is 1.28. The minimum atomic E-state index is 0.0233. The van der Waals surface area contributed by atoms with E-state index in [-0.39, 0.29) is 5.54 Å². The van der Waals surface area contributed by atoms with Gasteiger partial charge in [-0.25, -0.2) is 0 Å². The van der Waals surface area contributed by atoms with Crippen LogP contribution >= 0.6 is 0 Å². The Balaban J connectivity index is 2.03. The number of nitrogens with one attached hydrogen (secondary N) is 1. The molecule has 16 heavy (non-hydrogen) atoms. The van der Waals surface area contributed by atoms with Gasteiger partial charge in [-0.3, -0.25) is 0 Å². The van der Waals surface area contributed by atoms with E-state index in [1.165, 1.54) is 10.0 Å². The second-order valence-corrected chi connectivity index (χ2v) is 6.66.